The van der Waals surface area contributed by atoms with Crippen LogP contribution in [0.1, 0.15) is 24.1 Å². The molecule has 1 aliphatic carbocycles. The van der Waals surface area contributed by atoms with E-state index in [9.17, 15) is 4.39 Å². The highest BCUT2D eigenvalue weighted by Crippen LogP contribution is 2.41. The van der Waals surface area contributed by atoms with Crippen molar-refractivity contribution in [2.45, 2.75) is 24.8 Å². The summed E-state index contributed by atoms with van der Waals surface area (Å²) in [5.41, 5.74) is 8.69. The third-order valence-electron chi connectivity index (χ3n) is 5.97. The van der Waals surface area contributed by atoms with E-state index in [4.69, 9.17) is 26.8 Å². The lowest BCUT2D eigenvalue weighted by Gasteiger charge is -2.43. The van der Waals surface area contributed by atoms with Crippen molar-refractivity contribution < 1.29 is 13.9 Å². The molecule has 7 nitrogen and oxygen atoms in total. The summed E-state index contributed by atoms with van der Waals surface area (Å²) in [4.78, 5) is 8.88. The predicted molar refractivity (Wildman–Crippen MR) is 119 cm³/mol. The number of fused-ring (bicyclic) bond motifs is 1. The second kappa shape index (κ2) is 9.48. The van der Waals surface area contributed by atoms with Gasteiger partial charge in [0.2, 0.25) is 0 Å². The number of hydrogen-bond acceptors (Lipinski definition) is 7. The molecule has 0 spiro atoms. The van der Waals surface area contributed by atoms with E-state index in [1.165, 1.54) is 18.5 Å². The summed E-state index contributed by atoms with van der Waals surface area (Å²) in [6, 6.07) is 4.48. The molecule has 1 aromatic heterocycles. The van der Waals surface area contributed by atoms with Crippen molar-refractivity contribution >= 4 is 29.2 Å². The molecule has 9 heteroatoms. The lowest BCUT2D eigenvalue weighted by atomic mass is 9.71. The van der Waals surface area contributed by atoms with Gasteiger partial charge >= 0.3 is 0 Å². The number of methoxy groups -OCH3 is 1. The van der Waals surface area contributed by atoms with E-state index < -0.39 is 11.4 Å². The second-order valence-electron chi connectivity index (χ2n) is 7.93. The Morgan fingerprint density at radius 2 is 2.10 bits per heavy atom. The van der Waals surface area contributed by atoms with E-state index in [-0.39, 0.29) is 10.9 Å². The Morgan fingerprint density at radius 1 is 1.29 bits per heavy atom. The standard InChI is InChI=1S/C22H27ClFN5O2/c1-30-8-9-31-20-11-19-16(12-22(20,25)14-4-6-26-7-5-14)21(28-13-27-19)29-15-2-3-18(24)17(23)10-15/h2-3,10-11,13-14,26H,4-9,12,25H2,1H3,(H,27,28,29). The number of piperidine rings is 1. The fraction of sp³-hybridized carbons (Fsp3) is 0.455. The van der Waals surface area contributed by atoms with Gasteiger partial charge in [0, 0.05) is 30.9 Å². The summed E-state index contributed by atoms with van der Waals surface area (Å²) in [7, 11) is 1.64. The van der Waals surface area contributed by atoms with Gasteiger partial charge in [0.15, 0.2) is 0 Å². The molecule has 4 N–H and O–H groups in total. The monoisotopic (exact) mass is 447 g/mol. The van der Waals surface area contributed by atoms with Crippen molar-refractivity contribution in [1.82, 2.24) is 15.3 Å². The van der Waals surface area contributed by atoms with Gasteiger partial charge in [0.05, 0.1) is 22.9 Å². The van der Waals surface area contributed by atoms with Crippen molar-refractivity contribution in [3.8, 4) is 0 Å². The number of halogens is 2. The molecule has 4 rings (SSSR count). The van der Waals surface area contributed by atoms with E-state index in [0.29, 0.717) is 31.1 Å². The molecule has 166 valence electrons. The summed E-state index contributed by atoms with van der Waals surface area (Å²) < 4.78 is 24.8. The van der Waals surface area contributed by atoms with E-state index in [1.807, 2.05) is 6.08 Å². The molecule has 31 heavy (non-hydrogen) atoms. The molecule has 1 fully saturated rings. The van der Waals surface area contributed by atoms with E-state index >= 15 is 0 Å². The summed E-state index contributed by atoms with van der Waals surface area (Å²) >= 11 is 5.94. The minimum absolute atomic E-state index is 0.0459. The van der Waals surface area contributed by atoms with Crippen LogP contribution in [0.5, 0.6) is 0 Å². The van der Waals surface area contributed by atoms with Crippen LogP contribution in [0.15, 0.2) is 30.3 Å². The SMILES string of the molecule is COCCOC1=Cc2ncnc(Nc3ccc(F)c(Cl)c3)c2CC1(N)C1CCNCC1. The van der Waals surface area contributed by atoms with Crippen LogP contribution in [-0.2, 0) is 15.9 Å². The number of nitrogens with zero attached hydrogens (tertiary/aromatic N) is 2. The number of nitrogens with one attached hydrogen (secondary N) is 2. The van der Waals surface area contributed by atoms with Crippen LogP contribution >= 0.6 is 11.6 Å². The zero-order chi connectivity index (χ0) is 21.8. The topological polar surface area (TPSA) is 94.3 Å². The van der Waals surface area contributed by atoms with Crippen LogP contribution in [0.2, 0.25) is 5.02 Å². The zero-order valence-corrected chi connectivity index (χ0v) is 18.2. The maximum atomic E-state index is 13.6. The predicted octanol–water partition coefficient (Wildman–Crippen LogP) is 3.27. The number of nitrogens with two attached hydrogens (primary N) is 1. The van der Waals surface area contributed by atoms with E-state index in [1.54, 1.807) is 13.2 Å². The molecule has 2 heterocycles. The molecule has 2 aliphatic rings. The van der Waals surface area contributed by atoms with Gasteiger partial charge in [-0.25, -0.2) is 14.4 Å². The van der Waals surface area contributed by atoms with Crippen molar-refractivity contribution in [2.24, 2.45) is 11.7 Å². The molecule has 1 atom stereocenters. The van der Waals surface area contributed by atoms with Crippen molar-refractivity contribution in [3.63, 3.8) is 0 Å². The number of benzene rings is 1. The van der Waals surface area contributed by atoms with Crippen LogP contribution in [-0.4, -0.2) is 48.9 Å². The first-order chi connectivity index (χ1) is 15.0. The Bertz CT molecular complexity index is 967. The Balaban J connectivity index is 1.69. The molecule has 0 bridgehead atoms. The lowest BCUT2D eigenvalue weighted by Crippen LogP contribution is -2.55. The zero-order valence-electron chi connectivity index (χ0n) is 17.5. The minimum Gasteiger partial charge on any atom is -0.493 e. The molecule has 1 aliphatic heterocycles. The van der Waals surface area contributed by atoms with Crippen LogP contribution in [0.4, 0.5) is 15.9 Å². The van der Waals surface area contributed by atoms with Gasteiger partial charge in [0.1, 0.15) is 30.3 Å². The smallest absolute Gasteiger partial charge is 0.141 e. The first-order valence-electron chi connectivity index (χ1n) is 10.4. The van der Waals surface area contributed by atoms with Crippen molar-refractivity contribution in [3.05, 3.63) is 52.4 Å². The largest absolute Gasteiger partial charge is 0.493 e. The van der Waals surface area contributed by atoms with Gasteiger partial charge < -0.3 is 25.8 Å². The second-order valence-corrected chi connectivity index (χ2v) is 8.34. The third-order valence-corrected chi connectivity index (χ3v) is 6.26. The molecule has 0 saturated carbocycles. The molecule has 2 aromatic rings. The maximum Gasteiger partial charge on any atom is 0.141 e. The summed E-state index contributed by atoms with van der Waals surface area (Å²) in [6.07, 6.45) is 5.86. The summed E-state index contributed by atoms with van der Waals surface area (Å²) in [5, 5.41) is 6.69. The van der Waals surface area contributed by atoms with Crippen LogP contribution in [0, 0.1) is 11.7 Å². The van der Waals surface area contributed by atoms with Gasteiger partial charge in [-0.05, 0) is 50.0 Å². The third kappa shape index (κ3) is 4.67. The Kier molecular flexibility index (Phi) is 6.71. The number of aromatic nitrogens is 2. The Labute approximate surface area is 186 Å². The molecule has 1 saturated heterocycles. The average Bonchev–Trinajstić information content (AvgIpc) is 2.78. The number of anilines is 2. The lowest BCUT2D eigenvalue weighted by molar-refractivity contribution is 0.0747. The molecule has 1 aromatic carbocycles. The van der Waals surface area contributed by atoms with Crippen molar-refractivity contribution in [2.75, 3.05) is 38.7 Å². The normalized spacial score (nSPS) is 21.4. The van der Waals surface area contributed by atoms with Gasteiger partial charge in [-0.15, -0.1) is 0 Å². The quantitative estimate of drug-likeness (QED) is 0.561. The van der Waals surface area contributed by atoms with Gasteiger partial charge in [0.25, 0.3) is 0 Å². The summed E-state index contributed by atoms with van der Waals surface area (Å²) in [5.74, 6) is 1.15. The number of ether oxygens (including phenoxy) is 2. The Hall–Kier alpha value is -2.26. The highest BCUT2D eigenvalue weighted by Gasteiger charge is 2.44. The molecule has 1 unspecified atom stereocenters. The number of rotatable bonds is 7. The molecular formula is C22H27ClFN5O2. The Morgan fingerprint density at radius 3 is 2.84 bits per heavy atom. The fourth-order valence-corrected chi connectivity index (χ4v) is 4.46. The van der Waals surface area contributed by atoms with Gasteiger partial charge in [-0.1, -0.05) is 11.6 Å². The van der Waals surface area contributed by atoms with Gasteiger partial charge in [-0.3, -0.25) is 0 Å². The molecular weight excluding hydrogens is 421 g/mol. The van der Waals surface area contributed by atoms with Crippen LogP contribution in [0.25, 0.3) is 6.08 Å². The van der Waals surface area contributed by atoms with Crippen LogP contribution < -0.4 is 16.4 Å². The maximum absolute atomic E-state index is 13.6. The van der Waals surface area contributed by atoms with E-state index in [2.05, 4.69) is 20.6 Å². The average molecular weight is 448 g/mol. The highest BCUT2D eigenvalue weighted by molar-refractivity contribution is 6.31. The van der Waals surface area contributed by atoms with Crippen molar-refractivity contribution in [1.29, 1.82) is 0 Å². The number of hydrogen-bond donors (Lipinski definition) is 3. The first-order valence-corrected chi connectivity index (χ1v) is 10.8. The molecule has 0 amide bonds. The minimum atomic E-state index is -0.676. The fourth-order valence-electron chi connectivity index (χ4n) is 4.27. The van der Waals surface area contributed by atoms with Gasteiger partial charge in [-0.2, -0.15) is 0 Å². The van der Waals surface area contributed by atoms with Crippen LogP contribution in [0.3, 0.4) is 0 Å². The molecule has 0 radical (unpaired) electrons. The highest BCUT2D eigenvalue weighted by atomic mass is 35.5. The van der Waals surface area contributed by atoms with E-state index in [0.717, 1.165) is 42.9 Å². The first kappa shape index (κ1) is 22.0. The summed E-state index contributed by atoms with van der Waals surface area (Å²) in [6.45, 7) is 2.75.